The van der Waals surface area contributed by atoms with Crippen LogP contribution in [0.15, 0.2) is 24.3 Å². The standard InChI is InChI=1S/C20H36O2S2Si2/c1-8-10-15-25(4,5)22-26(6,7)17(3)19-13-11-18(12-14-19)16-24-20(23)21-9-2/h11-14,17H,8-10,15-16H2,1-7H3. The Labute approximate surface area is 172 Å². The lowest BCUT2D eigenvalue weighted by molar-refractivity contribution is 0.346. The summed E-state index contributed by atoms with van der Waals surface area (Å²) in [7, 11) is -3.35. The van der Waals surface area contributed by atoms with Crippen LogP contribution in [0.1, 0.15) is 50.3 Å². The van der Waals surface area contributed by atoms with Crippen molar-refractivity contribution < 1.29 is 8.85 Å². The fourth-order valence-electron chi connectivity index (χ4n) is 3.06. The van der Waals surface area contributed by atoms with Crippen molar-refractivity contribution in [1.82, 2.24) is 0 Å². The third kappa shape index (κ3) is 8.25. The normalized spacial score (nSPS) is 13.5. The van der Waals surface area contributed by atoms with E-state index in [9.17, 15) is 0 Å². The van der Waals surface area contributed by atoms with Gasteiger partial charge in [-0.1, -0.05) is 62.7 Å². The van der Waals surface area contributed by atoms with E-state index in [4.69, 9.17) is 21.1 Å². The van der Waals surface area contributed by atoms with Gasteiger partial charge in [0.25, 0.3) is 0 Å². The zero-order valence-electron chi connectivity index (χ0n) is 17.6. The van der Waals surface area contributed by atoms with Crippen molar-refractivity contribution in [3.8, 4) is 0 Å². The number of thiocarbonyl (C=S) groups is 1. The first-order valence-corrected chi connectivity index (χ1v) is 17.2. The summed E-state index contributed by atoms with van der Waals surface area (Å²) in [6.45, 7) is 16.7. The van der Waals surface area contributed by atoms with Crippen molar-refractivity contribution in [2.75, 3.05) is 6.61 Å². The number of unbranched alkanes of at least 4 members (excludes halogenated alkanes) is 1. The van der Waals surface area contributed by atoms with E-state index in [-0.39, 0.29) is 0 Å². The first-order chi connectivity index (χ1) is 12.1. The summed E-state index contributed by atoms with van der Waals surface area (Å²) in [6, 6.07) is 10.2. The molecular weight excluding hydrogens is 393 g/mol. The minimum absolute atomic E-state index is 0.488. The summed E-state index contributed by atoms with van der Waals surface area (Å²) in [5, 5.41) is 0. The molecule has 6 heteroatoms. The lowest BCUT2D eigenvalue weighted by atomic mass is 10.1. The van der Waals surface area contributed by atoms with Crippen LogP contribution in [0.3, 0.4) is 0 Å². The Balaban J connectivity index is 2.70. The zero-order chi connectivity index (χ0) is 19.8. The quantitative estimate of drug-likeness (QED) is 0.292. The Morgan fingerprint density at radius 1 is 1.12 bits per heavy atom. The third-order valence-corrected chi connectivity index (χ3v) is 14.4. The summed E-state index contributed by atoms with van der Waals surface area (Å²) in [4.78, 5) is 0. The number of benzene rings is 1. The van der Waals surface area contributed by atoms with Crippen LogP contribution in [0.2, 0.25) is 32.2 Å². The molecule has 0 fully saturated rings. The molecule has 26 heavy (non-hydrogen) atoms. The molecule has 0 radical (unpaired) electrons. The highest BCUT2D eigenvalue weighted by Crippen LogP contribution is 2.32. The van der Waals surface area contributed by atoms with E-state index in [1.165, 1.54) is 30.0 Å². The minimum Gasteiger partial charge on any atom is -0.479 e. The predicted molar refractivity (Wildman–Crippen MR) is 126 cm³/mol. The molecule has 0 aliphatic carbocycles. The topological polar surface area (TPSA) is 18.5 Å². The molecule has 148 valence electrons. The van der Waals surface area contributed by atoms with E-state index in [0.29, 0.717) is 16.5 Å². The van der Waals surface area contributed by atoms with Crippen molar-refractivity contribution >= 4 is 45.0 Å². The van der Waals surface area contributed by atoms with Crippen molar-refractivity contribution in [3.63, 3.8) is 0 Å². The van der Waals surface area contributed by atoms with Gasteiger partial charge in [-0.15, -0.1) is 0 Å². The van der Waals surface area contributed by atoms with Gasteiger partial charge in [-0.3, -0.25) is 0 Å². The molecule has 1 atom stereocenters. The average molecular weight is 429 g/mol. The number of thioether (sulfide) groups is 1. The smallest absolute Gasteiger partial charge is 0.220 e. The third-order valence-electron chi connectivity index (χ3n) is 4.81. The molecule has 0 bridgehead atoms. The molecule has 0 heterocycles. The molecule has 0 aromatic heterocycles. The highest BCUT2D eigenvalue weighted by Gasteiger charge is 2.37. The van der Waals surface area contributed by atoms with Crippen molar-refractivity contribution in [1.29, 1.82) is 0 Å². The highest BCUT2D eigenvalue weighted by atomic mass is 32.2. The first kappa shape index (κ1) is 23.9. The molecule has 1 aromatic carbocycles. The van der Waals surface area contributed by atoms with Gasteiger partial charge in [-0.05, 0) is 68.0 Å². The van der Waals surface area contributed by atoms with Crippen LogP contribution < -0.4 is 0 Å². The van der Waals surface area contributed by atoms with Gasteiger partial charge in [0.2, 0.25) is 4.38 Å². The van der Waals surface area contributed by atoms with Crippen LogP contribution in [0.25, 0.3) is 0 Å². The maximum atomic E-state index is 6.82. The second-order valence-corrected chi connectivity index (χ2v) is 18.5. The van der Waals surface area contributed by atoms with Crippen LogP contribution in [-0.2, 0) is 14.6 Å². The van der Waals surface area contributed by atoms with E-state index in [0.717, 1.165) is 5.75 Å². The number of hydrogen-bond acceptors (Lipinski definition) is 4. The van der Waals surface area contributed by atoms with E-state index < -0.39 is 16.6 Å². The summed E-state index contributed by atoms with van der Waals surface area (Å²) in [5.41, 5.74) is 3.16. The van der Waals surface area contributed by atoms with Crippen LogP contribution >= 0.6 is 24.0 Å². The molecule has 1 rings (SSSR count). The fourth-order valence-corrected chi connectivity index (χ4v) is 13.0. The lowest BCUT2D eigenvalue weighted by Gasteiger charge is -2.38. The Morgan fingerprint density at radius 2 is 1.73 bits per heavy atom. The number of ether oxygens (including phenoxy) is 1. The maximum absolute atomic E-state index is 6.82. The van der Waals surface area contributed by atoms with Crippen molar-refractivity contribution in [3.05, 3.63) is 35.4 Å². The number of hydrogen-bond donors (Lipinski definition) is 0. The van der Waals surface area contributed by atoms with Gasteiger partial charge >= 0.3 is 0 Å². The summed E-state index contributed by atoms with van der Waals surface area (Å²) >= 11 is 6.77. The molecule has 0 amide bonds. The monoisotopic (exact) mass is 428 g/mol. The molecular formula is C20H36O2S2Si2. The van der Waals surface area contributed by atoms with E-state index in [1.807, 2.05) is 6.92 Å². The molecule has 0 N–H and O–H groups in total. The van der Waals surface area contributed by atoms with Crippen LogP contribution in [-0.4, -0.2) is 27.6 Å². The molecule has 0 saturated carbocycles. The molecule has 1 aromatic rings. The molecule has 1 unspecified atom stereocenters. The minimum atomic E-state index is -1.78. The van der Waals surface area contributed by atoms with Gasteiger partial charge in [-0.2, -0.15) is 0 Å². The Hall–Kier alpha value is -0.146. The summed E-state index contributed by atoms with van der Waals surface area (Å²) < 4.78 is 12.8. The lowest BCUT2D eigenvalue weighted by Crippen LogP contribution is -2.47. The SMILES string of the molecule is CCCC[Si](C)(C)O[Si](C)(C)C(C)c1ccc(CSC(=S)OCC)cc1. The van der Waals surface area contributed by atoms with Gasteiger partial charge in [-0.25, -0.2) is 0 Å². The van der Waals surface area contributed by atoms with E-state index in [2.05, 4.69) is 64.3 Å². The van der Waals surface area contributed by atoms with E-state index in [1.54, 1.807) is 11.8 Å². The Bertz CT molecular complexity index is 559. The van der Waals surface area contributed by atoms with Crippen LogP contribution in [0.5, 0.6) is 0 Å². The second kappa shape index (κ2) is 11.0. The van der Waals surface area contributed by atoms with E-state index >= 15 is 0 Å². The maximum Gasteiger partial charge on any atom is 0.220 e. The highest BCUT2D eigenvalue weighted by molar-refractivity contribution is 8.22. The summed E-state index contributed by atoms with van der Waals surface area (Å²) in [6.07, 6.45) is 2.54. The van der Waals surface area contributed by atoms with Crippen molar-refractivity contribution in [2.45, 2.75) is 77.1 Å². The number of rotatable bonds is 10. The van der Waals surface area contributed by atoms with Gasteiger partial charge in [0.05, 0.1) is 6.61 Å². The zero-order valence-corrected chi connectivity index (χ0v) is 21.2. The van der Waals surface area contributed by atoms with Gasteiger partial charge in [0.1, 0.15) is 0 Å². The van der Waals surface area contributed by atoms with Gasteiger partial charge in [0.15, 0.2) is 16.6 Å². The van der Waals surface area contributed by atoms with Crippen molar-refractivity contribution in [2.24, 2.45) is 0 Å². The Kier molecular flexibility index (Phi) is 10.1. The first-order valence-electron chi connectivity index (χ1n) is 9.70. The van der Waals surface area contributed by atoms with Gasteiger partial charge in [0, 0.05) is 5.75 Å². The molecule has 0 spiro atoms. The summed E-state index contributed by atoms with van der Waals surface area (Å²) in [5.74, 6) is 0.863. The largest absolute Gasteiger partial charge is 0.479 e. The van der Waals surface area contributed by atoms with Gasteiger partial charge < -0.3 is 8.85 Å². The van der Waals surface area contributed by atoms with Crippen LogP contribution in [0.4, 0.5) is 0 Å². The molecule has 2 nitrogen and oxygen atoms in total. The van der Waals surface area contributed by atoms with Crippen LogP contribution in [0, 0.1) is 0 Å². The molecule has 0 aliphatic heterocycles. The fraction of sp³-hybridized carbons (Fsp3) is 0.650. The Morgan fingerprint density at radius 3 is 2.27 bits per heavy atom. The average Bonchev–Trinajstić information content (AvgIpc) is 2.57. The molecule has 0 aliphatic rings. The second-order valence-electron chi connectivity index (χ2n) is 8.00. The molecule has 0 saturated heterocycles. The predicted octanol–water partition coefficient (Wildman–Crippen LogP) is 7.11.